The van der Waals surface area contributed by atoms with Crippen LogP contribution in [0.25, 0.3) is 22.0 Å². The van der Waals surface area contributed by atoms with Crippen LogP contribution < -0.4 is 5.32 Å². The van der Waals surface area contributed by atoms with Crippen LogP contribution in [-0.4, -0.2) is 45.6 Å². The van der Waals surface area contributed by atoms with Gasteiger partial charge in [-0.05, 0) is 42.3 Å². The van der Waals surface area contributed by atoms with Crippen molar-refractivity contribution in [2.45, 2.75) is 19.4 Å². The van der Waals surface area contributed by atoms with Gasteiger partial charge in [-0.15, -0.1) is 0 Å². The first-order valence-corrected chi connectivity index (χ1v) is 9.13. The second kappa shape index (κ2) is 6.87. The highest BCUT2D eigenvalue weighted by molar-refractivity contribution is 5.95. The lowest BCUT2D eigenvalue weighted by Gasteiger charge is -2.26. The van der Waals surface area contributed by atoms with E-state index in [2.05, 4.69) is 28.6 Å². The van der Waals surface area contributed by atoms with Gasteiger partial charge in [-0.25, -0.2) is 0 Å². The van der Waals surface area contributed by atoms with Crippen molar-refractivity contribution in [3.63, 3.8) is 0 Å². The Balaban J connectivity index is 1.57. The van der Waals surface area contributed by atoms with Gasteiger partial charge < -0.3 is 10.2 Å². The number of nitrogens with zero attached hydrogens (tertiary/aromatic N) is 3. The Morgan fingerprint density at radius 3 is 2.67 bits per heavy atom. The van der Waals surface area contributed by atoms with Crippen LogP contribution in [-0.2, 0) is 11.8 Å². The van der Waals surface area contributed by atoms with Crippen molar-refractivity contribution in [1.82, 2.24) is 20.0 Å². The van der Waals surface area contributed by atoms with Gasteiger partial charge in [0.15, 0.2) is 0 Å². The molecule has 0 radical (unpaired) electrons. The van der Waals surface area contributed by atoms with Crippen LogP contribution in [0.3, 0.4) is 0 Å². The highest BCUT2D eigenvalue weighted by Crippen LogP contribution is 2.25. The van der Waals surface area contributed by atoms with E-state index in [1.165, 1.54) is 0 Å². The minimum Gasteiger partial charge on any atom is -0.354 e. The molecule has 2 heterocycles. The zero-order chi connectivity index (χ0) is 19.0. The fourth-order valence-corrected chi connectivity index (χ4v) is 3.52. The van der Waals surface area contributed by atoms with E-state index in [9.17, 15) is 9.59 Å². The SMILES string of the molecule is C[C@H]1CNC(=O)CCN1C(=O)c1ccc(-c2ccc3c(cnn3C)c2)cc1. The van der Waals surface area contributed by atoms with Gasteiger partial charge in [0.05, 0.1) is 11.7 Å². The van der Waals surface area contributed by atoms with Crippen LogP contribution in [0.15, 0.2) is 48.7 Å². The van der Waals surface area contributed by atoms with E-state index in [-0.39, 0.29) is 17.9 Å². The number of aryl methyl sites for hydroxylation is 1. The molecule has 4 rings (SSSR count). The van der Waals surface area contributed by atoms with Gasteiger partial charge in [0.2, 0.25) is 5.91 Å². The summed E-state index contributed by atoms with van der Waals surface area (Å²) in [7, 11) is 1.93. The summed E-state index contributed by atoms with van der Waals surface area (Å²) < 4.78 is 1.85. The number of fused-ring (bicyclic) bond motifs is 1. The average molecular weight is 362 g/mol. The van der Waals surface area contributed by atoms with Crippen molar-refractivity contribution in [2.75, 3.05) is 13.1 Å². The third-order valence-corrected chi connectivity index (χ3v) is 5.18. The maximum atomic E-state index is 12.9. The Morgan fingerprint density at radius 1 is 1.15 bits per heavy atom. The highest BCUT2D eigenvalue weighted by atomic mass is 16.2. The molecule has 1 saturated heterocycles. The Morgan fingerprint density at radius 2 is 1.89 bits per heavy atom. The van der Waals surface area contributed by atoms with E-state index in [1.54, 1.807) is 4.90 Å². The third-order valence-electron chi connectivity index (χ3n) is 5.18. The molecule has 2 aromatic carbocycles. The van der Waals surface area contributed by atoms with Crippen molar-refractivity contribution in [2.24, 2.45) is 7.05 Å². The van der Waals surface area contributed by atoms with E-state index in [4.69, 9.17) is 0 Å². The number of hydrogen-bond acceptors (Lipinski definition) is 3. The fraction of sp³-hybridized carbons (Fsp3) is 0.286. The summed E-state index contributed by atoms with van der Waals surface area (Å²) in [5.74, 6) is -0.0356. The molecule has 27 heavy (non-hydrogen) atoms. The Bertz CT molecular complexity index is 1010. The minimum absolute atomic E-state index is 0.00158. The summed E-state index contributed by atoms with van der Waals surface area (Å²) in [6.07, 6.45) is 2.20. The van der Waals surface area contributed by atoms with Gasteiger partial charge in [0, 0.05) is 43.5 Å². The van der Waals surface area contributed by atoms with Crippen LogP contribution in [0.1, 0.15) is 23.7 Å². The third kappa shape index (κ3) is 3.30. The summed E-state index contributed by atoms with van der Waals surface area (Å²) >= 11 is 0. The first-order valence-electron chi connectivity index (χ1n) is 9.13. The lowest BCUT2D eigenvalue weighted by atomic mass is 10.0. The van der Waals surface area contributed by atoms with Crippen molar-refractivity contribution < 1.29 is 9.59 Å². The van der Waals surface area contributed by atoms with Gasteiger partial charge in [-0.2, -0.15) is 5.10 Å². The topological polar surface area (TPSA) is 67.2 Å². The highest BCUT2D eigenvalue weighted by Gasteiger charge is 2.25. The van der Waals surface area contributed by atoms with E-state index in [0.29, 0.717) is 25.1 Å². The van der Waals surface area contributed by atoms with Gasteiger partial charge in [-0.1, -0.05) is 18.2 Å². The Kier molecular flexibility index (Phi) is 4.39. The number of aromatic nitrogens is 2. The van der Waals surface area contributed by atoms with Crippen molar-refractivity contribution in [3.8, 4) is 11.1 Å². The van der Waals surface area contributed by atoms with Crippen LogP contribution in [0, 0.1) is 0 Å². The molecule has 1 aliphatic rings. The average Bonchev–Trinajstić information content (AvgIpc) is 2.97. The number of rotatable bonds is 2. The van der Waals surface area contributed by atoms with E-state index < -0.39 is 0 Å². The van der Waals surface area contributed by atoms with Gasteiger partial charge in [-0.3, -0.25) is 14.3 Å². The van der Waals surface area contributed by atoms with E-state index in [1.807, 2.05) is 49.1 Å². The number of carbonyl (C=O) groups excluding carboxylic acids is 2. The smallest absolute Gasteiger partial charge is 0.254 e. The molecule has 0 bridgehead atoms. The summed E-state index contributed by atoms with van der Waals surface area (Å²) in [5.41, 5.74) is 3.87. The molecule has 3 aromatic rings. The number of benzene rings is 2. The van der Waals surface area contributed by atoms with Crippen LogP contribution in [0.4, 0.5) is 0 Å². The zero-order valence-corrected chi connectivity index (χ0v) is 15.5. The van der Waals surface area contributed by atoms with Crippen molar-refractivity contribution in [1.29, 1.82) is 0 Å². The number of hydrogen-bond donors (Lipinski definition) is 1. The molecule has 2 amide bonds. The largest absolute Gasteiger partial charge is 0.354 e. The summed E-state index contributed by atoms with van der Waals surface area (Å²) in [5, 5.41) is 8.20. The number of nitrogens with one attached hydrogen (secondary N) is 1. The fourth-order valence-electron chi connectivity index (χ4n) is 3.52. The monoisotopic (exact) mass is 362 g/mol. The molecule has 0 aliphatic carbocycles. The molecular weight excluding hydrogens is 340 g/mol. The molecular formula is C21H22N4O2. The molecule has 6 nitrogen and oxygen atoms in total. The summed E-state index contributed by atoms with van der Waals surface area (Å²) in [4.78, 5) is 26.2. The van der Waals surface area contributed by atoms with Crippen LogP contribution in [0.2, 0.25) is 0 Å². The number of amides is 2. The standard InChI is InChI=1S/C21H22N4O2/c1-14-12-22-20(26)9-10-25(14)21(27)16-5-3-15(4-6-16)17-7-8-19-18(11-17)13-23-24(19)2/h3-8,11,13-14H,9-10,12H2,1-2H3,(H,22,26)/t14-/m0/s1. The van der Waals surface area contributed by atoms with E-state index in [0.717, 1.165) is 22.0 Å². The Hall–Kier alpha value is -3.15. The molecule has 1 atom stereocenters. The van der Waals surface area contributed by atoms with Crippen molar-refractivity contribution >= 4 is 22.7 Å². The lowest BCUT2D eigenvalue weighted by molar-refractivity contribution is -0.120. The first-order chi connectivity index (χ1) is 13.0. The Labute approximate surface area is 157 Å². The van der Waals surface area contributed by atoms with Gasteiger partial charge >= 0.3 is 0 Å². The summed E-state index contributed by atoms with van der Waals surface area (Å²) in [6, 6.07) is 13.9. The van der Waals surface area contributed by atoms with E-state index >= 15 is 0 Å². The predicted molar refractivity (Wildman–Crippen MR) is 104 cm³/mol. The van der Waals surface area contributed by atoms with Crippen LogP contribution >= 0.6 is 0 Å². The predicted octanol–water partition coefficient (Wildman–Crippen LogP) is 2.59. The molecule has 6 heteroatoms. The van der Waals surface area contributed by atoms with Gasteiger partial charge in [0.25, 0.3) is 5.91 Å². The molecule has 0 saturated carbocycles. The normalized spacial score (nSPS) is 17.6. The molecule has 1 N–H and O–H groups in total. The molecule has 0 spiro atoms. The molecule has 1 aliphatic heterocycles. The maximum absolute atomic E-state index is 12.9. The molecule has 138 valence electrons. The second-order valence-electron chi connectivity index (χ2n) is 7.02. The van der Waals surface area contributed by atoms with Gasteiger partial charge in [0.1, 0.15) is 0 Å². The minimum atomic E-state index is -0.0340. The second-order valence-corrected chi connectivity index (χ2v) is 7.02. The molecule has 1 aromatic heterocycles. The summed E-state index contributed by atoms with van der Waals surface area (Å²) in [6.45, 7) is 2.90. The zero-order valence-electron chi connectivity index (χ0n) is 15.5. The molecule has 0 unspecified atom stereocenters. The maximum Gasteiger partial charge on any atom is 0.254 e. The first kappa shape index (κ1) is 17.3. The number of carbonyl (C=O) groups is 2. The molecule has 1 fully saturated rings. The van der Waals surface area contributed by atoms with Crippen LogP contribution in [0.5, 0.6) is 0 Å². The quantitative estimate of drug-likeness (QED) is 0.762. The van der Waals surface area contributed by atoms with Crippen molar-refractivity contribution in [3.05, 3.63) is 54.2 Å². The lowest BCUT2D eigenvalue weighted by Crippen LogP contribution is -2.41.